The number of Topliss-reactive ketones (excluding diaryl/α,β-unsaturated/α-hetero) is 1. The number of carbonyl (C=O) groups is 1. The van der Waals surface area contributed by atoms with Crippen molar-refractivity contribution >= 4 is 16.6 Å². The molecule has 0 saturated heterocycles. The molecule has 2 nitrogen and oxygen atoms in total. The molecule has 104 valence electrons. The SMILES string of the molecule is Cc1ccc(C(=O)CS(=O)c2ccccc2F)cc1C. The monoisotopic (exact) mass is 290 g/mol. The van der Waals surface area contributed by atoms with Gasteiger partial charge in [0.05, 0.1) is 21.4 Å². The van der Waals surface area contributed by atoms with Crippen molar-refractivity contribution in [3.63, 3.8) is 0 Å². The number of halogens is 1. The molecule has 4 heteroatoms. The average molecular weight is 290 g/mol. The zero-order valence-corrected chi connectivity index (χ0v) is 12.2. The first-order valence-corrected chi connectivity index (χ1v) is 7.54. The van der Waals surface area contributed by atoms with Gasteiger partial charge in [0.2, 0.25) is 0 Å². The van der Waals surface area contributed by atoms with E-state index in [0.29, 0.717) is 5.56 Å². The van der Waals surface area contributed by atoms with E-state index in [-0.39, 0.29) is 16.4 Å². The quantitative estimate of drug-likeness (QED) is 0.808. The molecule has 0 aliphatic carbocycles. The molecule has 1 atom stereocenters. The predicted molar refractivity (Wildman–Crippen MR) is 77.9 cm³/mol. The molecule has 20 heavy (non-hydrogen) atoms. The number of hydrogen-bond acceptors (Lipinski definition) is 2. The largest absolute Gasteiger partial charge is 0.293 e. The second-order valence-corrected chi connectivity index (χ2v) is 6.06. The highest BCUT2D eigenvalue weighted by Crippen LogP contribution is 2.15. The number of ketones is 1. The third kappa shape index (κ3) is 3.20. The van der Waals surface area contributed by atoms with Gasteiger partial charge in [0, 0.05) is 5.56 Å². The van der Waals surface area contributed by atoms with Crippen LogP contribution in [0.15, 0.2) is 47.4 Å². The minimum atomic E-state index is -1.66. The van der Waals surface area contributed by atoms with Crippen LogP contribution in [0.25, 0.3) is 0 Å². The molecular formula is C16H15FO2S. The second kappa shape index (κ2) is 6.09. The van der Waals surface area contributed by atoms with Gasteiger partial charge in [-0.15, -0.1) is 0 Å². The van der Waals surface area contributed by atoms with Gasteiger partial charge in [-0.3, -0.25) is 9.00 Å². The van der Waals surface area contributed by atoms with E-state index >= 15 is 0 Å². The van der Waals surface area contributed by atoms with E-state index in [0.717, 1.165) is 11.1 Å². The van der Waals surface area contributed by atoms with Crippen molar-refractivity contribution in [2.24, 2.45) is 0 Å². The minimum absolute atomic E-state index is 0.0738. The predicted octanol–water partition coefficient (Wildman–Crippen LogP) is 3.43. The molecule has 0 amide bonds. The highest BCUT2D eigenvalue weighted by Gasteiger charge is 2.15. The maximum Gasteiger partial charge on any atom is 0.175 e. The maximum atomic E-state index is 13.5. The lowest BCUT2D eigenvalue weighted by Gasteiger charge is -2.05. The molecule has 0 saturated carbocycles. The van der Waals surface area contributed by atoms with Crippen LogP contribution in [0, 0.1) is 19.7 Å². The van der Waals surface area contributed by atoms with Crippen LogP contribution < -0.4 is 0 Å². The Morgan fingerprint density at radius 1 is 1.10 bits per heavy atom. The fourth-order valence-corrected chi connectivity index (χ4v) is 2.90. The summed E-state index contributed by atoms with van der Waals surface area (Å²) in [5.74, 6) is -0.989. The Labute approximate surface area is 120 Å². The summed E-state index contributed by atoms with van der Waals surface area (Å²) in [6.45, 7) is 3.88. The number of benzene rings is 2. The average Bonchev–Trinajstić information content (AvgIpc) is 2.42. The lowest BCUT2D eigenvalue weighted by Crippen LogP contribution is -2.12. The molecule has 2 aromatic rings. The summed E-state index contributed by atoms with van der Waals surface area (Å²) >= 11 is 0. The third-order valence-corrected chi connectivity index (χ3v) is 4.52. The summed E-state index contributed by atoms with van der Waals surface area (Å²) in [5, 5.41) is 0. The van der Waals surface area contributed by atoms with Gasteiger partial charge in [0.1, 0.15) is 5.82 Å². The van der Waals surface area contributed by atoms with Crippen molar-refractivity contribution in [1.82, 2.24) is 0 Å². The van der Waals surface area contributed by atoms with Crippen LogP contribution in [0.3, 0.4) is 0 Å². The lowest BCUT2D eigenvalue weighted by atomic mass is 10.0. The summed E-state index contributed by atoms with van der Waals surface area (Å²) < 4.78 is 25.6. The Bertz CT molecular complexity index is 680. The van der Waals surface area contributed by atoms with Crippen LogP contribution in [0.4, 0.5) is 4.39 Å². The molecule has 0 aliphatic heterocycles. The molecular weight excluding hydrogens is 275 g/mol. The van der Waals surface area contributed by atoms with Crippen molar-refractivity contribution in [3.8, 4) is 0 Å². The smallest absolute Gasteiger partial charge is 0.175 e. The summed E-state index contributed by atoms with van der Waals surface area (Å²) in [4.78, 5) is 12.2. The Hall–Kier alpha value is -1.81. The van der Waals surface area contributed by atoms with E-state index in [4.69, 9.17) is 0 Å². The van der Waals surface area contributed by atoms with Gasteiger partial charge in [0.15, 0.2) is 5.78 Å². The molecule has 0 fully saturated rings. The van der Waals surface area contributed by atoms with Gasteiger partial charge in [-0.25, -0.2) is 4.39 Å². The molecule has 2 aromatic carbocycles. The van der Waals surface area contributed by atoms with Crippen LogP contribution in [0.1, 0.15) is 21.5 Å². The van der Waals surface area contributed by atoms with Crippen molar-refractivity contribution in [2.75, 3.05) is 5.75 Å². The van der Waals surface area contributed by atoms with Crippen LogP contribution in [0.5, 0.6) is 0 Å². The number of rotatable bonds is 4. The summed E-state index contributed by atoms with van der Waals surface area (Å²) in [6.07, 6.45) is 0. The van der Waals surface area contributed by atoms with Crippen molar-refractivity contribution in [1.29, 1.82) is 0 Å². The van der Waals surface area contributed by atoms with E-state index in [1.54, 1.807) is 18.2 Å². The van der Waals surface area contributed by atoms with Crippen molar-refractivity contribution in [3.05, 3.63) is 65.0 Å². The first-order chi connectivity index (χ1) is 9.49. The van der Waals surface area contributed by atoms with Gasteiger partial charge >= 0.3 is 0 Å². The number of hydrogen-bond donors (Lipinski definition) is 0. The van der Waals surface area contributed by atoms with Gasteiger partial charge in [-0.05, 0) is 43.2 Å². The van der Waals surface area contributed by atoms with E-state index in [9.17, 15) is 13.4 Å². The van der Waals surface area contributed by atoms with E-state index < -0.39 is 16.6 Å². The highest BCUT2D eigenvalue weighted by molar-refractivity contribution is 7.85. The molecule has 0 bridgehead atoms. The van der Waals surface area contributed by atoms with Crippen molar-refractivity contribution < 1.29 is 13.4 Å². The molecule has 2 rings (SSSR count). The van der Waals surface area contributed by atoms with Crippen molar-refractivity contribution in [2.45, 2.75) is 18.7 Å². The zero-order valence-electron chi connectivity index (χ0n) is 11.4. The summed E-state index contributed by atoms with van der Waals surface area (Å²) in [7, 11) is -1.66. The Balaban J connectivity index is 2.17. The van der Waals surface area contributed by atoms with E-state index in [2.05, 4.69) is 0 Å². The third-order valence-electron chi connectivity index (χ3n) is 3.17. The van der Waals surface area contributed by atoms with E-state index in [1.165, 1.54) is 18.2 Å². The van der Waals surface area contributed by atoms with Crippen LogP contribution in [-0.4, -0.2) is 15.7 Å². The molecule has 0 spiro atoms. The fourth-order valence-electron chi connectivity index (χ4n) is 1.82. The fraction of sp³-hybridized carbons (Fsp3) is 0.188. The topological polar surface area (TPSA) is 34.1 Å². The van der Waals surface area contributed by atoms with E-state index in [1.807, 2.05) is 19.9 Å². The lowest BCUT2D eigenvalue weighted by molar-refractivity contribution is 0.102. The Kier molecular flexibility index (Phi) is 4.45. The van der Waals surface area contributed by atoms with Gasteiger partial charge in [0.25, 0.3) is 0 Å². The van der Waals surface area contributed by atoms with Crippen LogP contribution >= 0.6 is 0 Å². The Morgan fingerprint density at radius 3 is 2.45 bits per heavy atom. The maximum absolute atomic E-state index is 13.5. The number of aryl methyl sites for hydroxylation is 2. The molecule has 0 aromatic heterocycles. The van der Waals surface area contributed by atoms with Gasteiger partial charge < -0.3 is 0 Å². The number of carbonyl (C=O) groups excluding carboxylic acids is 1. The first-order valence-electron chi connectivity index (χ1n) is 6.22. The summed E-state index contributed by atoms with van der Waals surface area (Å²) in [6, 6.07) is 11.2. The van der Waals surface area contributed by atoms with Gasteiger partial charge in [-0.2, -0.15) is 0 Å². The normalized spacial score (nSPS) is 12.2. The Morgan fingerprint density at radius 2 is 1.80 bits per heavy atom. The second-order valence-electron chi connectivity index (χ2n) is 4.64. The molecule has 0 radical (unpaired) electrons. The molecule has 1 unspecified atom stereocenters. The highest BCUT2D eigenvalue weighted by atomic mass is 32.2. The summed E-state index contributed by atoms with van der Waals surface area (Å²) in [5.41, 5.74) is 2.61. The van der Waals surface area contributed by atoms with Crippen LogP contribution in [-0.2, 0) is 10.8 Å². The van der Waals surface area contributed by atoms with Gasteiger partial charge in [-0.1, -0.05) is 24.3 Å². The first kappa shape index (κ1) is 14.6. The molecule has 0 aliphatic rings. The zero-order chi connectivity index (χ0) is 14.7. The minimum Gasteiger partial charge on any atom is -0.293 e. The standard InChI is InChI=1S/C16H15FO2S/c1-11-7-8-13(9-12(11)2)15(18)10-20(19)16-6-4-3-5-14(16)17/h3-9H,10H2,1-2H3. The molecule has 0 heterocycles. The van der Waals surface area contributed by atoms with Crippen LogP contribution in [0.2, 0.25) is 0 Å². The molecule has 0 N–H and O–H groups in total.